The molecule has 0 fully saturated rings. The van der Waals surface area contributed by atoms with Crippen molar-refractivity contribution in [2.75, 3.05) is 0 Å². The van der Waals surface area contributed by atoms with Gasteiger partial charge in [-0.05, 0) is 12.5 Å². The molecule has 0 spiro atoms. The summed E-state index contributed by atoms with van der Waals surface area (Å²) >= 11 is 0. The van der Waals surface area contributed by atoms with Crippen molar-refractivity contribution >= 4 is 11.6 Å². The highest BCUT2D eigenvalue weighted by atomic mass is 16.1. The fourth-order valence-corrected chi connectivity index (χ4v) is 1.23. The van der Waals surface area contributed by atoms with Crippen LogP contribution in [0.5, 0.6) is 0 Å². The van der Waals surface area contributed by atoms with Crippen molar-refractivity contribution in [1.29, 1.82) is 0 Å². The van der Waals surface area contributed by atoms with Crippen molar-refractivity contribution < 1.29 is 9.59 Å². The normalized spacial score (nSPS) is 9.79. The van der Waals surface area contributed by atoms with E-state index in [-0.39, 0.29) is 11.6 Å². The highest BCUT2D eigenvalue weighted by Crippen LogP contribution is 2.03. The Morgan fingerprint density at radius 1 is 1.07 bits per heavy atom. The van der Waals surface area contributed by atoms with Gasteiger partial charge in [0.25, 0.3) is 0 Å². The number of ketones is 2. The molecule has 0 heterocycles. The van der Waals surface area contributed by atoms with E-state index in [1.54, 1.807) is 0 Å². The molecule has 1 rings (SSSR count). The predicted octanol–water partition coefficient (Wildman–Crippen LogP) is 2.17. The summed E-state index contributed by atoms with van der Waals surface area (Å²) in [5, 5.41) is 0. The van der Waals surface area contributed by atoms with Crippen molar-refractivity contribution in [2.24, 2.45) is 0 Å². The van der Waals surface area contributed by atoms with Crippen LogP contribution in [-0.2, 0) is 16.0 Å². The number of Topliss-reactive ketones (excluding diaryl/α,β-unsaturated/α-hetero) is 2. The molecule has 0 aliphatic rings. The third-order valence-corrected chi connectivity index (χ3v) is 2.00. The topological polar surface area (TPSA) is 34.1 Å². The Morgan fingerprint density at radius 2 is 1.71 bits per heavy atom. The van der Waals surface area contributed by atoms with Crippen molar-refractivity contribution in [2.45, 2.75) is 26.2 Å². The Hall–Kier alpha value is -1.44. The Kier molecular flexibility index (Phi) is 4.05. The molecule has 0 bridgehead atoms. The van der Waals surface area contributed by atoms with Crippen molar-refractivity contribution in [1.82, 2.24) is 0 Å². The number of benzene rings is 1. The third kappa shape index (κ3) is 3.99. The van der Waals surface area contributed by atoms with Gasteiger partial charge in [0.05, 0.1) is 0 Å². The summed E-state index contributed by atoms with van der Waals surface area (Å²) in [6, 6.07) is 9.59. The second-order valence-electron chi connectivity index (χ2n) is 3.40. The number of carbonyl (C=O) groups is 2. The van der Waals surface area contributed by atoms with Gasteiger partial charge in [-0.15, -0.1) is 0 Å². The first-order valence-electron chi connectivity index (χ1n) is 4.73. The summed E-state index contributed by atoms with van der Waals surface area (Å²) in [7, 11) is 0. The molecule has 14 heavy (non-hydrogen) atoms. The summed E-state index contributed by atoms with van der Waals surface area (Å²) in [4.78, 5) is 22.0. The molecule has 0 saturated carbocycles. The Balaban J connectivity index is 2.38. The van der Waals surface area contributed by atoms with Gasteiger partial charge in [-0.2, -0.15) is 0 Å². The van der Waals surface area contributed by atoms with E-state index in [0.29, 0.717) is 19.3 Å². The summed E-state index contributed by atoms with van der Waals surface area (Å²) in [6.45, 7) is 1.51. The number of carbonyl (C=O) groups excluding carboxylic acids is 2. The minimum Gasteiger partial charge on any atom is -0.300 e. The molecule has 2 heteroatoms. The molecule has 0 aliphatic heterocycles. The molecule has 0 unspecified atom stereocenters. The van der Waals surface area contributed by atoms with Gasteiger partial charge in [-0.1, -0.05) is 30.3 Å². The second-order valence-corrected chi connectivity index (χ2v) is 3.40. The first-order chi connectivity index (χ1) is 6.68. The van der Waals surface area contributed by atoms with Crippen LogP contribution in [-0.4, -0.2) is 11.6 Å². The van der Waals surface area contributed by atoms with Crippen LogP contribution in [0.2, 0.25) is 0 Å². The minimum atomic E-state index is 0.0754. The van der Waals surface area contributed by atoms with Gasteiger partial charge in [0.1, 0.15) is 11.6 Å². The molecular weight excluding hydrogens is 176 g/mol. The van der Waals surface area contributed by atoms with Gasteiger partial charge < -0.3 is 4.79 Å². The summed E-state index contributed by atoms with van der Waals surface area (Å²) < 4.78 is 0. The van der Waals surface area contributed by atoms with Gasteiger partial charge in [0, 0.05) is 19.3 Å². The molecule has 0 atom stereocenters. The Bertz CT molecular complexity index is 314. The molecule has 1 aromatic rings. The Labute approximate surface area is 83.9 Å². The van der Waals surface area contributed by atoms with E-state index in [0.717, 1.165) is 5.56 Å². The zero-order chi connectivity index (χ0) is 10.4. The number of hydrogen-bond acceptors (Lipinski definition) is 2. The van der Waals surface area contributed by atoms with Gasteiger partial charge in [-0.3, -0.25) is 4.79 Å². The van der Waals surface area contributed by atoms with Crippen LogP contribution < -0.4 is 0 Å². The lowest BCUT2D eigenvalue weighted by atomic mass is 10.1. The quantitative estimate of drug-likeness (QED) is 0.713. The smallest absolute Gasteiger partial charge is 0.137 e. The van der Waals surface area contributed by atoms with Crippen LogP contribution >= 0.6 is 0 Å². The molecule has 1 aromatic carbocycles. The predicted molar refractivity (Wildman–Crippen MR) is 55.1 cm³/mol. The molecule has 0 radical (unpaired) electrons. The van der Waals surface area contributed by atoms with E-state index in [4.69, 9.17) is 0 Å². The number of hydrogen-bond donors (Lipinski definition) is 0. The average Bonchev–Trinajstić information content (AvgIpc) is 2.16. The maximum absolute atomic E-state index is 11.4. The van der Waals surface area contributed by atoms with Crippen molar-refractivity contribution in [3.05, 3.63) is 35.9 Å². The monoisotopic (exact) mass is 190 g/mol. The fraction of sp³-hybridized carbons (Fsp3) is 0.333. The first-order valence-corrected chi connectivity index (χ1v) is 4.73. The summed E-state index contributed by atoms with van der Waals surface area (Å²) in [6.07, 6.45) is 1.17. The second kappa shape index (κ2) is 5.32. The Morgan fingerprint density at radius 3 is 2.29 bits per heavy atom. The van der Waals surface area contributed by atoms with Crippen molar-refractivity contribution in [3.63, 3.8) is 0 Å². The molecule has 2 nitrogen and oxygen atoms in total. The van der Waals surface area contributed by atoms with E-state index < -0.39 is 0 Å². The van der Waals surface area contributed by atoms with E-state index in [1.807, 2.05) is 30.3 Å². The zero-order valence-electron chi connectivity index (χ0n) is 8.32. The van der Waals surface area contributed by atoms with E-state index in [9.17, 15) is 9.59 Å². The third-order valence-electron chi connectivity index (χ3n) is 2.00. The molecule has 0 N–H and O–H groups in total. The zero-order valence-corrected chi connectivity index (χ0v) is 8.32. The fourth-order valence-electron chi connectivity index (χ4n) is 1.23. The highest BCUT2D eigenvalue weighted by Gasteiger charge is 2.04. The van der Waals surface area contributed by atoms with Gasteiger partial charge in [0.2, 0.25) is 0 Å². The molecule has 0 aliphatic carbocycles. The van der Waals surface area contributed by atoms with Gasteiger partial charge >= 0.3 is 0 Å². The highest BCUT2D eigenvalue weighted by molar-refractivity contribution is 5.86. The lowest BCUT2D eigenvalue weighted by Gasteiger charge is -1.99. The van der Waals surface area contributed by atoms with Crippen molar-refractivity contribution in [3.8, 4) is 0 Å². The molecule has 74 valence electrons. The van der Waals surface area contributed by atoms with Crippen LogP contribution in [0.3, 0.4) is 0 Å². The SMILES string of the molecule is CC(=O)CCC(=O)Cc1ccccc1. The van der Waals surface area contributed by atoms with E-state index in [2.05, 4.69) is 0 Å². The van der Waals surface area contributed by atoms with Gasteiger partial charge in [0.15, 0.2) is 0 Å². The lowest BCUT2D eigenvalue weighted by Crippen LogP contribution is -2.04. The standard InChI is InChI=1S/C12H14O2/c1-10(13)7-8-12(14)9-11-5-3-2-4-6-11/h2-6H,7-9H2,1H3. The average molecular weight is 190 g/mol. The van der Waals surface area contributed by atoms with E-state index in [1.165, 1.54) is 6.92 Å². The van der Waals surface area contributed by atoms with Crippen LogP contribution in [0.1, 0.15) is 25.3 Å². The van der Waals surface area contributed by atoms with Gasteiger partial charge in [-0.25, -0.2) is 0 Å². The molecular formula is C12H14O2. The first kappa shape index (κ1) is 10.6. The molecule has 0 aromatic heterocycles. The maximum Gasteiger partial charge on any atom is 0.137 e. The van der Waals surface area contributed by atoms with Crippen LogP contribution in [0.15, 0.2) is 30.3 Å². The largest absolute Gasteiger partial charge is 0.300 e. The van der Waals surface area contributed by atoms with Crippen LogP contribution in [0, 0.1) is 0 Å². The van der Waals surface area contributed by atoms with Crippen LogP contribution in [0.4, 0.5) is 0 Å². The van der Waals surface area contributed by atoms with Crippen LogP contribution in [0.25, 0.3) is 0 Å². The summed E-state index contributed by atoms with van der Waals surface area (Å²) in [5.41, 5.74) is 1.01. The minimum absolute atomic E-state index is 0.0754. The van der Waals surface area contributed by atoms with E-state index >= 15 is 0 Å². The maximum atomic E-state index is 11.4. The number of rotatable bonds is 5. The molecule has 0 saturated heterocycles. The molecule has 0 amide bonds. The summed E-state index contributed by atoms with van der Waals surface area (Å²) in [5.74, 6) is 0.206. The lowest BCUT2D eigenvalue weighted by molar-refractivity contribution is -0.122.